The highest BCUT2D eigenvalue weighted by atomic mass is 35.7. The smallest absolute Gasteiger partial charge is 0.261 e. The maximum atomic E-state index is 12.0. The topological polar surface area (TPSA) is 63.2 Å². The standard InChI is InChI=1S/C13H16ClNO3S/c1-8-5-10(6-8)15-13(16)12-4-3-11(7-9(12)2)19(14,17)18/h3-4,7-8,10H,5-6H2,1-2H3,(H,15,16). The Morgan fingerprint density at radius 2 is 2.00 bits per heavy atom. The molecule has 1 aromatic carbocycles. The minimum Gasteiger partial charge on any atom is -0.349 e. The highest BCUT2D eigenvalue weighted by molar-refractivity contribution is 8.13. The molecule has 1 aliphatic carbocycles. The summed E-state index contributed by atoms with van der Waals surface area (Å²) in [4.78, 5) is 12.1. The Morgan fingerprint density at radius 3 is 2.47 bits per heavy atom. The maximum Gasteiger partial charge on any atom is 0.261 e. The minimum atomic E-state index is -3.75. The van der Waals surface area contributed by atoms with Gasteiger partial charge in [0.05, 0.1) is 4.90 Å². The Hall–Kier alpha value is -1.07. The third-order valence-corrected chi connectivity index (χ3v) is 4.78. The van der Waals surface area contributed by atoms with Crippen molar-refractivity contribution in [1.82, 2.24) is 5.32 Å². The SMILES string of the molecule is Cc1cc(S(=O)(=O)Cl)ccc1C(=O)NC1CC(C)C1. The second-order valence-electron chi connectivity index (χ2n) is 5.16. The van der Waals surface area contributed by atoms with Crippen molar-refractivity contribution in [2.45, 2.75) is 37.6 Å². The fraction of sp³-hybridized carbons (Fsp3) is 0.462. The van der Waals surface area contributed by atoms with E-state index in [1.165, 1.54) is 18.2 Å². The highest BCUT2D eigenvalue weighted by Crippen LogP contribution is 2.27. The molecule has 0 aromatic heterocycles. The molecule has 0 aliphatic heterocycles. The highest BCUT2D eigenvalue weighted by Gasteiger charge is 2.27. The third-order valence-electron chi connectivity index (χ3n) is 3.43. The lowest BCUT2D eigenvalue weighted by molar-refractivity contribution is 0.0895. The van der Waals surface area contributed by atoms with Gasteiger partial charge in [0, 0.05) is 22.3 Å². The van der Waals surface area contributed by atoms with Crippen molar-refractivity contribution in [3.8, 4) is 0 Å². The van der Waals surface area contributed by atoms with Gasteiger partial charge in [0.15, 0.2) is 0 Å². The average Bonchev–Trinajstić information content (AvgIpc) is 2.25. The van der Waals surface area contributed by atoms with E-state index in [0.717, 1.165) is 12.8 Å². The second-order valence-corrected chi connectivity index (χ2v) is 7.73. The van der Waals surface area contributed by atoms with Gasteiger partial charge in [0.25, 0.3) is 15.0 Å². The lowest BCUT2D eigenvalue weighted by Gasteiger charge is -2.33. The van der Waals surface area contributed by atoms with Crippen LogP contribution < -0.4 is 5.32 Å². The summed E-state index contributed by atoms with van der Waals surface area (Å²) < 4.78 is 22.4. The van der Waals surface area contributed by atoms with Crippen LogP contribution >= 0.6 is 10.7 Å². The van der Waals surface area contributed by atoms with Crippen LogP contribution in [0.5, 0.6) is 0 Å². The number of carbonyl (C=O) groups excluding carboxylic acids is 1. The molecule has 0 heterocycles. The molecule has 1 saturated carbocycles. The van der Waals surface area contributed by atoms with Gasteiger partial charge >= 0.3 is 0 Å². The van der Waals surface area contributed by atoms with Gasteiger partial charge in [-0.3, -0.25) is 4.79 Å². The van der Waals surface area contributed by atoms with E-state index >= 15 is 0 Å². The summed E-state index contributed by atoms with van der Waals surface area (Å²) in [6.45, 7) is 3.85. The van der Waals surface area contributed by atoms with Crippen molar-refractivity contribution < 1.29 is 13.2 Å². The first-order chi connectivity index (χ1) is 8.77. The molecule has 6 heteroatoms. The molecule has 0 bridgehead atoms. The number of amides is 1. The first-order valence-corrected chi connectivity index (χ1v) is 8.44. The molecule has 1 N–H and O–H groups in total. The van der Waals surface area contributed by atoms with Gasteiger partial charge in [-0.25, -0.2) is 8.42 Å². The molecule has 0 unspecified atom stereocenters. The van der Waals surface area contributed by atoms with E-state index in [9.17, 15) is 13.2 Å². The van der Waals surface area contributed by atoms with Crippen LogP contribution in [-0.4, -0.2) is 20.4 Å². The number of carbonyl (C=O) groups is 1. The van der Waals surface area contributed by atoms with Gasteiger partial charge < -0.3 is 5.32 Å². The summed E-state index contributed by atoms with van der Waals surface area (Å²) in [7, 11) is 1.51. The normalized spacial score (nSPS) is 22.7. The summed E-state index contributed by atoms with van der Waals surface area (Å²) in [5.74, 6) is 0.503. The molecule has 19 heavy (non-hydrogen) atoms. The van der Waals surface area contributed by atoms with Gasteiger partial charge in [-0.2, -0.15) is 0 Å². The van der Waals surface area contributed by atoms with Gasteiger partial charge in [-0.1, -0.05) is 6.92 Å². The molecule has 1 amide bonds. The van der Waals surface area contributed by atoms with Gasteiger partial charge in [0.2, 0.25) is 0 Å². The Morgan fingerprint density at radius 1 is 1.37 bits per heavy atom. The Bertz CT molecular complexity index is 606. The molecule has 0 radical (unpaired) electrons. The molecular weight excluding hydrogens is 286 g/mol. The Kier molecular flexibility index (Phi) is 3.87. The van der Waals surface area contributed by atoms with Crippen molar-refractivity contribution in [2.24, 2.45) is 5.92 Å². The maximum absolute atomic E-state index is 12.0. The number of hydrogen-bond donors (Lipinski definition) is 1. The fourth-order valence-electron chi connectivity index (χ4n) is 2.33. The lowest BCUT2D eigenvalue weighted by Crippen LogP contribution is -2.43. The van der Waals surface area contributed by atoms with E-state index in [4.69, 9.17) is 10.7 Å². The van der Waals surface area contributed by atoms with E-state index in [0.29, 0.717) is 17.0 Å². The number of rotatable bonds is 3. The van der Waals surface area contributed by atoms with E-state index in [1.807, 2.05) is 0 Å². The fourth-order valence-corrected chi connectivity index (χ4v) is 3.16. The Labute approximate surface area is 117 Å². The van der Waals surface area contributed by atoms with Gasteiger partial charge in [-0.15, -0.1) is 0 Å². The number of aryl methyl sites for hydroxylation is 1. The van der Waals surface area contributed by atoms with Crippen molar-refractivity contribution >= 4 is 25.6 Å². The van der Waals surface area contributed by atoms with Crippen molar-refractivity contribution in [2.75, 3.05) is 0 Å². The molecule has 104 valence electrons. The summed E-state index contributed by atoms with van der Waals surface area (Å²) in [6.07, 6.45) is 2.00. The molecule has 0 spiro atoms. The quantitative estimate of drug-likeness (QED) is 0.872. The largest absolute Gasteiger partial charge is 0.349 e. The van der Waals surface area contributed by atoms with Crippen molar-refractivity contribution in [1.29, 1.82) is 0 Å². The molecule has 1 aliphatic rings. The molecule has 0 atom stereocenters. The predicted molar refractivity (Wildman–Crippen MR) is 73.9 cm³/mol. The average molecular weight is 302 g/mol. The summed E-state index contributed by atoms with van der Waals surface area (Å²) >= 11 is 0. The van der Waals surface area contributed by atoms with Crippen LogP contribution in [0.4, 0.5) is 0 Å². The van der Waals surface area contributed by atoms with E-state index in [1.54, 1.807) is 6.92 Å². The van der Waals surface area contributed by atoms with Gasteiger partial charge in [0.1, 0.15) is 0 Å². The monoisotopic (exact) mass is 301 g/mol. The van der Waals surface area contributed by atoms with Crippen LogP contribution in [0.1, 0.15) is 35.7 Å². The van der Waals surface area contributed by atoms with Crippen LogP contribution in [0.15, 0.2) is 23.1 Å². The number of nitrogens with one attached hydrogen (secondary N) is 1. The van der Waals surface area contributed by atoms with Crippen LogP contribution in [0.3, 0.4) is 0 Å². The minimum absolute atomic E-state index is 0.0143. The van der Waals surface area contributed by atoms with Crippen LogP contribution in [0.2, 0.25) is 0 Å². The van der Waals surface area contributed by atoms with Gasteiger partial charge in [-0.05, 0) is 49.4 Å². The zero-order valence-electron chi connectivity index (χ0n) is 10.8. The van der Waals surface area contributed by atoms with Crippen LogP contribution in [0.25, 0.3) is 0 Å². The first-order valence-electron chi connectivity index (χ1n) is 6.13. The molecule has 2 rings (SSSR count). The summed E-state index contributed by atoms with van der Waals surface area (Å²) in [5, 5.41) is 2.94. The summed E-state index contributed by atoms with van der Waals surface area (Å²) in [6, 6.07) is 4.51. The number of halogens is 1. The molecule has 0 saturated heterocycles. The van der Waals surface area contributed by atoms with E-state index in [-0.39, 0.29) is 16.8 Å². The predicted octanol–water partition coefficient (Wildman–Crippen LogP) is 2.45. The third kappa shape index (κ3) is 3.28. The lowest BCUT2D eigenvalue weighted by atomic mass is 9.82. The van der Waals surface area contributed by atoms with E-state index in [2.05, 4.69) is 12.2 Å². The van der Waals surface area contributed by atoms with Crippen LogP contribution in [-0.2, 0) is 9.05 Å². The molecular formula is C13H16ClNO3S. The number of hydrogen-bond acceptors (Lipinski definition) is 3. The van der Waals surface area contributed by atoms with Crippen molar-refractivity contribution in [3.63, 3.8) is 0 Å². The molecule has 1 fully saturated rings. The van der Waals surface area contributed by atoms with Crippen LogP contribution in [0, 0.1) is 12.8 Å². The number of benzene rings is 1. The Balaban J connectivity index is 2.14. The molecule has 1 aromatic rings. The molecule has 4 nitrogen and oxygen atoms in total. The van der Waals surface area contributed by atoms with Crippen molar-refractivity contribution in [3.05, 3.63) is 29.3 Å². The zero-order chi connectivity index (χ0) is 14.2. The van der Waals surface area contributed by atoms with E-state index < -0.39 is 9.05 Å². The second kappa shape index (κ2) is 5.13. The zero-order valence-corrected chi connectivity index (χ0v) is 12.4. The summed E-state index contributed by atoms with van der Waals surface area (Å²) in [5.41, 5.74) is 1.09. The first kappa shape index (κ1) is 14.3.